The van der Waals surface area contributed by atoms with Crippen molar-refractivity contribution in [3.8, 4) is 0 Å². The maximum absolute atomic E-state index is 6.10. The predicted molar refractivity (Wildman–Crippen MR) is 78.5 cm³/mol. The molecule has 2 N–H and O–H groups in total. The Morgan fingerprint density at radius 3 is 3.16 bits per heavy atom. The van der Waals surface area contributed by atoms with Crippen molar-refractivity contribution in [2.45, 2.75) is 16.9 Å². The highest BCUT2D eigenvalue weighted by Crippen LogP contribution is 2.45. The molecule has 4 nitrogen and oxygen atoms in total. The summed E-state index contributed by atoms with van der Waals surface area (Å²) in [4.78, 5) is 8.10. The van der Waals surface area contributed by atoms with Crippen LogP contribution in [0.5, 0.6) is 0 Å². The lowest BCUT2D eigenvalue weighted by Gasteiger charge is -2.43. The monoisotopic (exact) mass is 277 g/mol. The van der Waals surface area contributed by atoms with Gasteiger partial charge in [-0.1, -0.05) is 18.2 Å². The lowest BCUT2D eigenvalue weighted by molar-refractivity contribution is 0.123. The van der Waals surface area contributed by atoms with Crippen molar-refractivity contribution < 1.29 is 4.74 Å². The number of methoxy groups -OCH3 is 1. The van der Waals surface area contributed by atoms with E-state index in [0.717, 1.165) is 25.3 Å². The number of thioether (sulfide) groups is 1. The molecular weight excluding hydrogens is 258 g/mol. The van der Waals surface area contributed by atoms with Crippen LogP contribution in [0.25, 0.3) is 0 Å². The number of hydrogen-bond acceptors (Lipinski definition) is 5. The van der Waals surface area contributed by atoms with Crippen LogP contribution in [0.15, 0.2) is 34.2 Å². The number of aliphatic imine (C=N–C) groups is 1. The Kier molecular flexibility index (Phi) is 3.41. The third-order valence-corrected chi connectivity index (χ3v) is 5.05. The topological polar surface area (TPSA) is 50.9 Å². The van der Waals surface area contributed by atoms with Crippen LogP contribution in [0.4, 0.5) is 0 Å². The molecule has 0 saturated carbocycles. The Morgan fingerprint density at radius 2 is 2.32 bits per heavy atom. The van der Waals surface area contributed by atoms with Crippen LogP contribution < -0.4 is 5.73 Å². The summed E-state index contributed by atoms with van der Waals surface area (Å²) in [6, 6.07) is 8.62. The molecule has 0 saturated heterocycles. The van der Waals surface area contributed by atoms with Gasteiger partial charge in [0.25, 0.3) is 0 Å². The van der Waals surface area contributed by atoms with Crippen molar-refractivity contribution in [1.29, 1.82) is 0 Å². The van der Waals surface area contributed by atoms with Gasteiger partial charge < -0.3 is 15.4 Å². The van der Waals surface area contributed by atoms with Gasteiger partial charge >= 0.3 is 0 Å². The van der Waals surface area contributed by atoms with Crippen LogP contribution in [0.3, 0.4) is 0 Å². The van der Waals surface area contributed by atoms with Crippen molar-refractivity contribution in [1.82, 2.24) is 4.90 Å². The number of rotatable bonds is 3. The summed E-state index contributed by atoms with van der Waals surface area (Å²) in [5.74, 6) is 1.77. The van der Waals surface area contributed by atoms with Gasteiger partial charge in [0.2, 0.25) is 0 Å². The van der Waals surface area contributed by atoms with E-state index >= 15 is 0 Å². The van der Waals surface area contributed by atoms with E-state index in [-0.39, 0.29) is 5.54 Å². The minimum Gasteiger partial charge on any atom is -0.383 e. The fourth-order valence-corrected chi connectivity index (χ4v) is 4.25. The SMILES string of the molecule is COCCN1C(N)=NCC12CCSc1ccccc12. The lowest BCUT2D eigenvalue weighted by atomic mass is 9.85. The molecule has 1 atom stereocenters. The average molecular weight is 277 g/mol. The summed E-state index contributed by atoms with van der Waals surface area (Å²) in [5.41, 5.74) is 7.41. The van der Waals surface area contributed by atoms with Gasteiger partial charge in [-0.2, -0.15) is 0 Å². The van der Waals surface area contributed by atoms with Crippen LogP contribution in [0, 0.1) is 0 Å². The van der Waals surface area contributed by atoms with Gasteiger partial charge in [0.1, 0.15) is 0 Å². The Bertz CT molecular complexity index is 505. The minimum atomic E-state index is -0.0511. The summed E-state index contributed by atoms with van der Waals surface area (Å²) in [6.45, 7) is 2.23. The van der Waals surface area contributed by atoms with E-state index < -0.39 is 0 Å². The van der Waals surface area contributed by atoms with Crippen LogP contribution in [0.1, 0.15) is 12.0 Å². The quantitative estimate of drug-likeness (QED) is 0.913. The Labute approximate surface area is 118 Å². The third-order valence-electron chi connectivity index (χ3n) is 3.98. The van der Waals surface area contributed by atoms with E-state index in [1.807, 2.05) is 11.8 Å². The first kappa shape index (κ1) is 12.8. The summed E-state index contributed by atoms with van der Waals surface area (Å²) >= 11 is 1.93. The molecule has 2 aliphatic rings. The summed E-state index contributed by atoms with van der Waals surface area (Å²) in [7, 11) is 1.72. The predicted octanol–water partition coefficient (Wildman–Crippen LogP) is 1.65. The molecule has 5 heteroatoms. The zero-order valence-corrected chi connectivity index (χ0v) is 11.9. The van der Waals surface area contributed by atoms with Crippen LogP contribution in [-0.2, 0) is 10.3 Å². The molecule has 1 aromatic rings. The summed E-state index contributed by atoms with van der Waals surface area (Å²) in [6.07, 6.45) is 1.09. The van der Waals surface area contributed by atoms with Crippen molar-refractivity contribution in [2.24, 2.45) is 10.7 Å². The molecule has 0 fully saturated rings. The molecule has 2 aliphatic heterocycles. The molecule has 102 valence electrons. The minimum absolute atomic E-state index is 0.0511. The van der Waals surface area contributed by atoms with Crippen LogP contribution in [0.2, 0.25) is 0 Å². The molecule has 0 aromatic heterocycles. The fraction of sp³-hybridized carbons (Fsp3) is 0.500. The maximum Gasteiger partial charge on any atom is 0.192 e. The van der Waals surface area contributed by atoms with E-state index in [1.54, 1.807) is 7.11 Å². The third kappa shape index (κ3) is 2.01. The fourth-order valence-electron chi connectivity index (χ4n) is 3.00. The second kappa shape index (κ2) is 5.06. The van der Waals surface area contributed by atoms with Gasteiger partial charge in [-0.25, -0.2) is 0 Å². The smallest absolute Gasteiger partial charge is 0.192 e. The highest BCUT2D eigenvalue weighted by Gasteiger charge is 2.46. The van der Waals surface area contributed by atoms with Gasteiger partial charge in [-0.05, 0) is 18.1 Å². The van der Waals surface area contributed by atoms with Crippen LogP contribution in [-0.4, -0.2) is 43.4 Å². The highest BCUT2D eigenvalue weighted by atomic mass is 32.2. The van der Waals surface area contributed by atoms with E-state index in [2.05, 4.69) is 34.2 Å². The van der Waals surface area contributed by atoms with Gasteiger partial charge in [0, 0.05) is 24.3 Å². The summed E-state index contributed by atoms with van der Waals surface area (Å²) in [5, 5.41) is 0. The first-order chi connectivity index (χ1) is 9.28. The number of nitrogens with two attached hydrogens (primary N) is 1. The van der Waals surface area contributed by atoms with Gasteiger partial charge in [0.05, 0.1) is 18.7 Å². The van der Waals surface area contributed by atoms with E-state index in [1.165, 1.54) is 10.5 Å². The Hall–Kier alpha value is -1.20. The van der Waals surface area contributed by atoms with Crippen molar-refractivity contribution in [3.63, 3.8) is 0 Å². The lowest BCUT2D eigenvalue weighted by Crippen LogP contribution is -2.52. The molecule has 19 heavy (non-hydrogen) atoms. The number of guanidine groups is 1. The highest BCUT2D eigenvalue weighted by molar-refractivity contribution is 7.99. The normalized spacial score (nSPS) is 25.5. The van der Waals surface area contributed by atoms with Gasteiger partial charge in [0.15, 0.2) is 5.96 Å². The number of fused-ring (bicyclic) bond motifs is 2. The van der Waals surface area contributed by atoms with Gasteiger partial charge in [-0.15, -0.1) is 11.8 Å². The first-order valence-corrected chi connectivity index (χ1v) is 7.55. The maximum atomic E-state index is 6.10. The Balaban J connectivity index is 1.99. The van der Waals surface area contributed by atoms with Crippen molar-refractivity contribution in [3.05, 3.63) is 29.8 Å². The molecule has 1 unspecified atom stereocenters. The largest absolute Gasteiger partial charge is 0.383 e. The first-order valence-electron chi connectivity index (χ1n) is 6.57. The van der Waals surface area contributed by atoms with Crippen molar-refractivity contribution in [2.75, 3.05) is 32.6 Å². The van der Waals surface area contributed by atoms with Crippen LogP contribution >= 0.6 is 11.8 Å². The molecular formula is C14H19N3OS. The van der Waals surface area contributed by atoms with E-state index in [0.29, 0.717) is 12.6 Å². The standard InChI is InChI=1S/C14H19N3OS/c1-18-8-7-17-13(15)16-10-14(17)6-9-19-12-5-3-2-4-11(12)14/h2-5H,6-10H2,1H3,(H2,15,16). The number of benzene rings is 1. The molecule has 0 bridgehead atoms. The zero-order chi connectivity index (χ0) is 13.3. The van der Waals surface area contributed by atoms with E-state index in [9.17, 15) is 0 Å². The molecule has 1 aromatic carbocycles. The number of ether oxygens (including phenoxy) is 1. The Morgan fingerprint density at radius 1 is 1.47 bits per heavy atom. The molecule has 0 amide bonds. The van der Waals surface area contributed by atoms with E-state index in [4.69, 9.17) is 10.5 Å². The number of hydrogen-bond donors (Lipinski definition) is 1. The zero-order valence-electron chi connectivity index (χ0n) is 11.1. The molecule has 3 rings (SSSR count). The molecule has 0 radical (unpaired) electrons. The van der Waals surface area contributed by atoms with Crippen molar-refractivity contribution >= 4 is 17.7 Å². The second-order valence-electron chi connectivity index (χ2n) is 4.95. The van der Waals surface area contributed by atoms with Gasteiger partial charge in [-0.3, -0.25) is 4.99 Å². The summed E-state index contributed by atoms with van der Waals surface area (Å²) < 4.78 is 5.22. The molecule has 1 spiro atoms. The number of nitrogens with zero attached hydrogens (tertiary/aromatic N) is 2. The second-order valence-corrected chi connectivity index (χ2v) is 6.08. The average Bonchev–Trinajstić information content (AvgIpc) is 2.75. The molecule has 2 heterocycles. The molecule has 0 aliphatic carbocycles.